The third-order valence-corrected chi connectivity index (χ3v) is 1.76. The Hall–Kier alpha value is -1.67. The number of aromatic nitrogens is 2. The van der Waals surface area contributed by atoms with Gasteiger partial charge in [0.1, 0.15) is 6.33 Å². The van der Waals surface area contributed by atoms with E-state index in [1.165, 1.54) is 0 Å². The van der Waals surface area contributed by atoms with E-state index in [0.717, 1.165) is 6.33 Å². The van der Waals surface area contributed by atoms with Crippen molar-refractivity contribution in [3.05, 3.63) is 24.3 Å². The number of halogens is 6. The molecular weight excluding hydrogens is 254 g/mol. The molecule has 0 unspecified atom stereocenters. The van der Waals surface area contributed by atoms with Gasteiger partial charge in [0.05, 0.1) is 5.56 Å². The van der Waals surface area contributed by atoms with Crippen LogP contribution in [-0.4, -0.2) is 28.1 Å². The number of alkyl halides is 6. The third-order valence-electron chi connectivity index (χ3n) is 1.76. The Morgan fingerprint density at radius 3 is 1.76 bits per heavy atom. The molecule has 0 aliphatic heterocycles. The van der Waals surface area contributed by atoms with Crippen molar-refractivity contribution in [3.63, 3.8) is 0 Å². The number of ketones is 1. The molecule has 0 fully saturated rings. The van der Waals surface area contributed by atoms with Crippen molar-refractivity contribution in [2.24, 2.45) is 5.92 Å². The fraction of sp³-hybridized carbons (Fsp3) is 0.375. The van der Waals surface area contributed by atoms with Gasteiger partial charge in [-0.2, -0.15) is 26.3 Å². The summed E-state index contributed by atoms with van der Waals surface area (Å²) in [5.74, 6) is -6.17. The monoisotopic (exact) mass is 258 g/mol. The molecule has 0 radical (unpaired) electrons. The van der Waals surface area contributed by atoms with Crippen LogP contribution in [0, 0.1) is 5.92 Å². The summed E-state index contributed by atoms with van der Waals surface area (Å²) in [4.78, 5) is 17.5. The molecule has 1 rings (SSSR count). The first-order valence-electron chi connectivity index (χ1n) is 4.06. The first kappa shape index (κ1) is 13.4. The van der Waals surface area contributed by atoms with Gasteiger partial charge in [-0.3, -0.25) is 4.79 Å². The van der Waals surface area contributed by atoms with Crippen molar-refractivity contribution in [3.8, 4) is 0 Å². The predicted octanol–water partition coefficient (Wildman–Crippen LogP) is 2.40. The molecular formula is C8H4F6N2O. The molecule has 0 spiro atoms. The lowest BCUT2D eigenvalue weighted by Gasteiger charge is -2.21. The smallest absolute Gasteiger partial charge is 0.293 e. The zero-order valence-corrected chi connectivity index (χ0v) is 7.88. The highest BCUT2D eigenvalue weighted by Crippen LogP contribution is 2.40. The van der Waals surface area contributed by atoms with Gasteiger partial charge in [0.25, 0.3) is 0 Å². The second kappa shape index (κ2) is 4.30. The van der Waals surface area contributed by atoms with Crippen LogP contribution in [0.15, 0.2) is 18.7 Å². The summed E-state index contributed by atoms with van der Waals surface area (Å²) in [6.45, 7) is 0. The van der Waals surface area contributed by atoms with E-state index in [1.54, 1.807) is 0 Å². The molecule has 0 aliphatic carbocycles. The molecule has 0 saturated carbocycles. The molecule has 0 aromatic carbocycles. The van der Waals surface area contributed by atoms with E-state index in [1.807, 2.05) is 0 Å². The third kappa shape index (κ3) is 3.14. The summed E-state index contributed by atoms with van der Waals surface area (Å²) >= 11 is 0. The molecule has 94 valence electrons. The van der Waals surface area contributed by atoms with Gasteiger partial charge >= 0.3 is 12.4 Å². The lowest BCUT2D eigenvalue weighted by Crippen LogP contribution is -2.42. The van der Waals surface area contributed by atoms with E-state index < -0.39 is 29.6 Å². The largest absolute Gasteiger partial charge is 0.407 e. The van der Waals surface area contributed by atoms with Crippen LogP contribution in [0.3, 0.4) is 0 Å². The lowest BCUT2D eigenvalue weighted by molar-refractivity contribution is -0.264. The Labute approximate surface area is 90.5 Å². The van der Waals surface area contributed by atoms with Crippen LogP contribution < -0.4 is 0 Å². The van der Waals surface area contributed by atoms with Crippen molar-refractivity contribution in [1.29, 1.82) is 0 Å². The summed E-state index contributed by atoms with van der Waals surface area (Å²) in [7, 11) is 0. The van der Waals surface area contributed by atoms with Gasteiger partial charge in [-0.05, 0) is 0 Å². The summed E-state index contributed by atoms with van der Waals surface area (Å²) in [5, 5.41) is 0. The van der Waals surface area contributed by atoms with Crippen LogP contribution in [0.4, 0.5) is 26.3 Å². The van der Waals surface area contributed by atoms with Crippen LogP contribution in [0.5, 0.6) is 0 Å². The summed E-state index contributed by atoms with van der Waals surface area (Å²) in [6, 6.07) is 0. The van der Waals surface area contributed by atoms with Crippen molar-refractivity contribution < 1.29 is 31.1 Å². The number of Topliss-reactive ketones (excluding diaryl/α,β-unsaturated/α-hetero) is 1. The second-order valence-corrected chi connectivity index (χ2v) is 3.01. The number of rotatable bonds is 2. The SMILES string of the molecule is O=C(c1cncnc1)C(C(F)(F)F)C(F)(F)F. The summed E-state index contributed by atoms with van der Waals surface area (Å²) in [6.07, 6.45) is -9.33. The molecule has 0 N–H and O–H groups in total. The van der Waals surface area contributed by atoms with Gasteiger partial charge in [-0.15, -0.1) is 0 Å². The summed E-state index contributed by atoms with van der Waals surface area (Å²) in [5.41, 5.74) is -0.841. The van der Waals surface area contributed by atoms with Gasteiger partial charge in [-0.1, -0.05) is 0 Å². The molecule has 0 saturated heterocycles. The maximum Gasteiger partial charge on any atom is 0.407 e. The Balaban J connectivity index is 3.14. The van der Waals surface area contributed by atoms with Crippen LogP contribution >= 0.6 is 0 Å². The molecule has 1 aromatic heterocycles. The molecule has 0 bridgehead atoms. The van der Waals surface area contributed by atoms with Crippen LogP contribution in [-0.2, 0) is 0 Å². The Bertz CT molecular complexity index is 385. The minimum atomic E-state index is -5.70. The first-order valence-corrected chi connectivity index (χ1v) is 4.06. The van der Waals surface area contributed by atoms with E-state index >= 15 is 0 Å². The Morgan fingerprint density at radius 1 is 1.00 bits per heavy atom. The van der Waals surface area contributed by atoms with E-state index in [9.17, 15) is 31.1 Å². The molecule has 0 aliphatic rings. The van der Waals surface area contributed by atoms with Gasteiger partial charge in [-0.25, -0.2) is 9.97 Å². The highest BCUT2D eigenvalue weighted by atomic mass is 19.4. The molecule has 1 aromatic rings. The zero-order valence-electron chi connectivity index (χ0n) is 7.88. The maximum atomic E-state index is 12.2. The van der Waals surface area contributed by atoms with Crippen molar-refractivity contribution in [2.45, 2.75) is 12.4 Å². The van der Waals surface area contributed by atoms with Crippen LogP contribution in [0.2, 0.25) is 0 Å². The fourth-order valence-electron chi connectivity index (χ4n) is 1.08. The molecule has 3 nitrogen and oxygen atoms in total. The quantitative estimate of drug-likeness (QED) is 0.604. The molecule has 0 amide bonds. The minimum absolute atomic E-state index is 0.597. The fourth-order valence-corrected chi connectivity index (χ4v) is 1.08. The summed E-state index contributed by atoms with van der Waals surface area (Å²) < 4.78 is 73.0. The van der Waals surface area contributed by atoms with Gasteiger partial charge < -0.3 is 0 Å². The van der Waals surface area contributed by atoms with Crippen molar-refractivity contribution >= 4 is 5.78 Å². The highest BCUT2D eigenvalue weighted by Gasteiger charge is 2.60. The van der Waals surface area contributed by atoms with E-state index in [0.29, 0.717) is 12.4 Å². The van der Waals surface area contributed by atoms with Crippen LogP contribution in [0.1, 0.15) is 10.4 Å². The van der Waals surface area contributed by atoms with E-state index in [-0.39, 0.29) is 0 Å². The zero-order chi connectivity index (χ0) is 13.3. The Kier molecular flexibility index (Phi) is 3.39. The minimum Gasteiger partial charge on any atom is -0.293 e. The number of carbonyl (C=O) groups excluding carboxylic acids is 1. The normalized spacial score (nSPS) is 12.9. The van der Waals surface area contributed by atoms with Gasteiger partial charge in [0.15, 0.2) is 5.78 Å². The standard InChI is InChI=1S/C8H4F6N2O/c9-7(10,11)6(8(12,13)14)5(17)4-1-15-3-16-2-4/h1-3,6H. The average molecular weight is 258 g/mol. The lowest BCUT2D eigenvalue weighted by atomic mass is 9.98. The second-order valence-electron chi connectivity index (χ2n) is 3.01. The first-order chi connectivity index (χ1) is 7.64. The number of hydrogen-bond donors (Lipinski definition) is 0. The average Bonchev–Trinajstić information content (AvgIpc) is 2.14. The van der Waals surface area contributed by atoms with Gasteiger partial charge in [0, 0.05) is 12.4 Å². The predicted molar refractivity (Wildman–Crippen MR) is 42.0 cm³/mol. The maximum absolute atomic E-state index is 12.2. The molecule has 17 heavy (non-hydrogen) atoms. The van der Waals surface area contributed by atoms with Crippen molar-refractivity contribution in [2.75, 3.05) is 0 Å². The molecule has 9 heteroatoms. The topological polar surface area (TPSA) is 42.9 Å². The van der Waals surface area contributed by atoms with E-state index in [4.69, 9.17) is 0 Å². The number of hydrogen-bond acceptors (Lipinski definition) is 3. The van der Waals surface area contributed by atoms with Crippen molar-refractivity contribution in [1.82, 2.24) is 9.97 Å². The molecule has 1 heterocycles. The highest BCUT2D eigenvalue weighted by molar-refractivity contribution is 5.98. The van der Waals surface area contributed by atoms with Gasteiger partial charge in [0.2, 0.25) is 5.92 Å². The van der Waals surface area contributed by atoms with Crippen LogP contribution in [0.25, 0.3) is 0 Å². The number of nitrogens with zero attached hydrogens (tertiary/aromatic N) is 2. The number of carbonyl (C=O) groups is 1. The molecule has 0 atom stereocenters. The van der Waals surface area contributed by atoms with E-state index in [2.05, 4.69) is 9.97 Å². The Morgan fingerprint density at radius 2 is 1.41 bits per heavy atom.